The van der Waals surface area contributed by atoms with Crippen molar-refractivity contribution in [3.8, 4) is 0 Å². The lowest BCUT2D eigenvalue weighted by molar-refractivity contribution is -0.117. The Balaban J connectivity index is 2.40. The predicted octanol–water partition coefficient (Wildman–Crippen LogP) is 0.190. The molecule has 0 aliphatic rings. The Bertz CT molecular complexity index is 281. The normalized spacial score (nSPS) is 9.92. The number of nitrogens with one attached hydrogen (secondary N) is 1. The number of primary amides is 1. The van der Waals surface area contributed by atoms with E-state index >= 15 is 0 Å². The second-order valence-electron chi connectivity index (χ2n) is 2.68. The van der Waals surface area contributed by atoms with E-state index in [0.29, 0.717) is 13.0 Å². The van der Waals surface area contributed by atoms with Crippen molar-refractivity contribution in [1.29, 1.82) is 0 Å². The van der Waals surface area contributed by atoms with Crippen molar-refractivity contribution >= 4 is 11.9 Å². The first-order chi connectivity index (χ1) is 6.24. The van der Waals surface area contributed by atoms with Gasteiger partial charge in [0, 0.05) is 31.9 Å². The van der Waals surface area contributed by atoms with E-state index in [9.17, 15) is 4.79 Å². The molecular formula is C8H14N4O. The first-order valence-electron chi connectivity index (χ1n) is 4.27. The van der Waals surface area contributed by atoms with Gasteiger partial charge >= 0.3 is 0 Å². The number of rotatable bonds is 5. The molecule has 0 atom stereocenters. The highest BCUT2D eigenvalue weighted by molar-refractivity contribution is 5.74. The van der Waals surface area contributed by atoms with Crippen LogP contribution in [0.25, 0.3) is 0 Å². The van der Waals surface area contributed by atoms with E-state index in [1.165, 1.54) is 0 Å². The molecule has 1 heterocycles. The van der Waals surface area contributed by atoms with E-state index in [2.05, 4.69) is 10.3 Å². The Morgan fingerprint density at radius 3 is 3.15 bits per heavy atom. The first kappa shape index (κ1) is 9.57. The largest absolute Gasteiger partial charge is 0.370 e. The summed E-state index contributed by atoms with van der Waals surface area (Å²) in [6, 6.07) is 0. The minimum absolute atomic E-state index is 0.304. The average molecular weight is 182 g/mol. The highest BCUT2D eigenvalue weighted by Crippen LogP contribution is 2.02. The second kappa shape index (κ2) is 4.49. The predicted molar refractivity (Wildman–Crippen MR) is 50.2 cm³/mol. The third-order valence-electron chi connectivity index (χ3n) is 1.71. The van der Waals surface area contributed by atoms with Gasteiger partial charge in [-0.25, -0.2) is 4.98 Å². The van der Waals surface area contributed by atoms with E-state index in [-0.39, 0.29) is 5.91 Å². The van der Waals surface area contributed by atoms with Gasteiger partial charge < -0.3 is 15.6 Å². The summed E-state index contributed by atoms with van der Waals surface area (Å²) >= 11 is 0. The summed E-state index contributed by atoms with van der Waals surface area (Å²) in [7, 11) is 0. The maximum atomic E-state index is 10.4. The number of aryl methyl sites for hydroxylation is 1. The molecule has 0 saturated carbocycles. The molecule has 0 bridgehead atoms. The van der Waals surface area contributed by atoms with Crippen molar-refractivity contribution in [2.24, 2.45) is 5.73 Å². The molecule has 5 nitrogen and oxygen atoms in total. The maximum Gasteiger partial charge on any atom is 0.219 e. The van der Waals surface area contributed by atoms with Crippen LogP contribution < -0.4 is 11.1 Å². The second-order valence-corrected chi connectivity index (χ2v) is 2.68. The summed E-state index contributed by atoms with van der Waals surface area (Å²) in [6.45, 7) is 3.42. The van der Waals surface area contributed by atoms with Crippen LogP contribution in [0.2, 0.25) is 0 Å². The van der Waals surface area contributed by atoms with Crippen LogP contribution in [0.4, 0.5) is 5.95 Å². The van der Waals surface area contributed by atoms with Gasteiger partial charge in [-0.05, 0) is 6.92 Å². The third kappa shape index (κ3) is 2.77. The fraction of sp³-hybridized carbons (Fsp3) is 0.500. The number of carbonyl (C=O) groups excluding carboxylic acids is 1. The summed E-state index contributed by atoms with van der Waals surface area (Å²) < 4.78 is 1.96. The molecule has 0 fully saturated rings. The van der Waals surface area contributed by atoms with Crippen molar-refractivity contribution in [3.63, 3.8) is 0 Å². The third-order valence-corrected chi connectivity index (χ3v) is 1.71. The number of aromatic nitrogens is 2. The molecule has 5 heteroatoms. The van der Waals surface area contributed by atoms with Gasteiger partial charge in [0.15, 0.2) is 0 Å². The Hall–Kier alpha value is -1.52. The van der Waals surface area contributed by atoms with E-state index in [1.54, 1.807) is 6.20 Å². The van der Waals surface area contributed by atoms with Crippen LogP contribution in [0.3, 0.4) is 0 Å². The number of nitrogens with zero attached hydrogens (tertiary/aromatic N) is 2. The fourth-order valence-electron chi connectivity index (χ4n) is 1.03. The van der Waals surface area contributed by atoms with E-state index in [4.69, 9.17) is 5.73 Å². The Kier molecular flexibility index (Phi) is 3.31. The highest BCUT2D eigenvalue weighted by Gasteiger charge is 1.99. The van der Waals surface area contributed by atoms with Gasteiger partial charge in [0.25, 0.3) is 0 Å². The van der Waals surface area contributed by atoms with Crippen molar-refractivity contribution in [1.82, 2.24) is 9.55 Å². The summed E-state index contributed by atoms with van der Waals surface area (Å²) in [4.78, 5) is 14.5. The monoisotopic (exact) mass is 182 g/mol. The lowest BCUT2D eigenvalue weighted by Crippen LogP contribution is -2.17. The lowest BCUT2D eigenvalue weighted by Gasteiger charge is -2.05. The molecule has 0 aliphatic carbocycles. The molecule has 13 heavy (non-hydrogen) atoms. The highest BCUT2D eigenvalue weighted by atomic mass is 16.1. The molecule has 1 rings (SSSR count). The van der Waals surface area contributed by atoms with Gasteiger partial charge in [0.1, 0.15) is 0 Å². The van der Waals surface area contributed by atoms with Crippen molar-refractivity contribution in [2.75, 3.05) is 11.9 Å². The van der Waals surface area contributed by atoms with E-state index < -0.39 is 0 Å². The molecule has 1 amide bonds. The summed E-state index contributed by atoms with van der Waals surface area (Å²) in [6.07, 6.45) is 3.93. The molecule has 0 aromatic carbocycles. The number of imidazole rings is 1. The zero-order valence-electron chi connectivity index (χ0n) is 7.66. The SMILES string of the molecule is CCn1ccnc1NCCC(N)=O. The molecule has 0 radical (unpaired) electrons. The smallest absolute Gasteiger partial charge is 0.219 e. The summed E-state index contributed by atoms with van der Waals surface area (Å²) in [5, 5.41) is 3.03. The van der Waals surface area contributed by atoms with Gasteiger partial charge in [-0.2, -0.15) is 0 Å². The van der Waals surface area contributed by atoms with Gasteiger partial charge in [-0.3, -0.25) is 4.79 Å². The van der Waals surface area contributed by atoms with E-state index in [1.807, 2.05) is 17.7 Å². The number of hydrogen-bond donors (Lipinski definition) is 2. The Morgan fingerprint density at radius 2 is 2.54 bits per heavy atom. The van der Waals surface area contributed by atoms with Gasteiger partial charge in [-0.1, -0.05) is 0 Å². The number of amides is 1. The topological polar surface area (TPSA) is 72.9 Å². The minimum Gasteiger partial charge on any atom is -0.370 e. The summed E-state index contributed by atoms with van der Waals surface area (Å²) in [5.41, 5.74) is 5.00. The molecule has 0 spiro atoms. The van der Waals surface area contributed by atoms with Crippen molar-refractivity contribution in [2.45, 2.75) is 19.9 Å². The van der Waals surface area contributed by atoms with Crippen molar-refractivity contribution in [3.05, 3.63) is 12.4 Å². The average Bonchev–Trinajstić information content (AvgIpc) is 2.51. The molecule has 0 aliphatic heterocycles. The fourth-order valence-corrected chi connectivity index (χ4v) is 1.03. The van der Waals surface area contributed by atoms with Crippen LogP contribution in [0.15, 0.2) is 12.4 Å². The standard InChI is InChI=1S/C8H14N4O/c1-2-12-6-5-11-8(12)10-4-3-7(9)13/h5-6H,2-4H2,1H3,(H2,9,13)(H,10,11). The van der Waals surface area contributed by atoms with E-state index in [0.717, 1.165) is 12.5 Å². The molecule has 3 N–H and O–H groups in total. The molecule has 1 aromatic heterocycles. The molecule has 72 valence electrons. The van der Waals surface area contributed by atoms with Gasteiger partial charge in [0.05, 0.1) is 0 Å². The van der Waals surface area contributed by atoms with Gasteiger partial charge in [0.2, 0.25) is 11.9 Å². The first-order valence-corrected chi connectivity index (χ1v) is 4.27. The van der Waals surface area contributed by atoms with Crippen LogP contribution in [-0.2, 0) is 11.3 Å². The maximum absolute atomic E-state index is 10.4. The lowest BCUT2D eigenvalue weighted by atomic mass is 10.4. The zero-order chi connectivity index (χ0) is 9.68. The summed E-state index contributed by atoms with van der Waals surface area (Å²) in [5.74, 6) is 0.478. The Morgan fingerprint density at radius 1 is 1.77 bits per heavy atom. The molecule has 0 saturated heterocycles. The van der Waals surface area contributed by atoms with Crippen LogP contribution in [0, 0.1) is 0 Å². The molecule has 0 unspecified atom stereocenters. The van der Waals surface area contributed by atoms with Crippen LogP contribution in [0.1, 0.15) is 13.3 Å². The minimum atomic E-state index is -0.304. The number of hydrogen-bond acceptors (Lipinski definition) is 3. The molecular weight excluding hydrogens is 168 g/mol. The quantitative estimate of drug-likeness (QED) is 0.682. The number of anilines is 1. The number of nitrogens with two attached hydrogens (primary N) is 1. The Labute approximate surface area is 76.9 Å². The number of carbonyl (C=O) groups is 1. The van der Waals surface area contributed by atoms with Crippen molar-refractivity contribution < 1.29 is 4.79 Å². The van der Waals surface area contributed by atoms with Gasteiger partial charge in [-0.15, -0.1) is 0 Å². The molecule has 1 aromatic rings. The van der Waals surface area contributed by atoms with Crippen LogP contribution in [-0.4, -0.2) is 22.0 Å². The van der Waals surface area contributed by atoms with Crippen LogP contribution >= 0.6 is 0 Å². The van der Waals surface area contributed by atoms with Crippen LogP contribution in [0.5, 0.6) is 0 Å². The zero-order valence-corrected chi connectivity index (χ0v) is 7.66.